The minimum atomic E-state index is -4.67. The molecule has 0 fully saturated rings. The highest BCUT2D eigenvalue weighted by atomic mass is 32.1. The number of carboxylic acid groups (broad SMARTS) is 1. The van der Waals surface area contributed by atoms with E-state index in [-0.39, 0.29) is 24.3 Å². The van der Waals surface area contributed by atoms with Gasteiger partial charge in [-0.05, 0) is 12.0 Å². The lowest BCUT2D eigenvalue weighted by molar-refractivity contribution is -0.136. The molecule has 2 heterocycles. The number of halogens is 5. The van der Waals surface area contributed by atoms with Gasteiger partial charge in [-0.15, -0.1) is 0 Å². The van der Waals surface area contributed by atoms with E-state index in [1.165, 1.54) is 0 Å². The molecule has 0 saturated carbocycles. The zero-order chi connectivity index (χ0) is 23.6. The average molecular weight is 478 g/mol. The summed E-state index contributed by atoms with van der Waals surface area (Å²) in [5.41, 5.74) is -2.65. The number of hydrogen-bond acceptors (Lipinski definition) is 5. The van der Waals surface area contributed by atoms with Crippen LogP contribution in [0.1, 0.15) is 24.0 Å². The number of aryl methyl sites for hydroxylation is 2. The van der Waals surface area contributed by atoms with E-state index in [9.17, 15) is 36.3 Å². The molecule has 0 aliphatic heterocycles. The summed E-state index contributed by atoms with van der Waals surface area (Å²) >= 11 is 0.208. The summed E-state index contributed by atoms with van der Waals surface area (Å²) in [6.45, 7) is -1.22. The van der Waals surface area contributed by atoms with Crippen molar-refractivity contribution in [2.75, 3.05) is 0 Å². The van der Waals surface area contributed by atoms with Crippen LogP contribution in [-0.4, -0.2) is 26.6 Å². The maximum atomic E-state index is 13.7. The van der Waals surface area contributed by atoms with Crippen molar-refractivity contribution in [2.24, 2.45) is 0 Å². The fraction of sp³-hybridized carbons (Fsp3) is 0.316. The van der Waals surface area contributed by atoms with Gasteiger partial charge in [0.1, 0.15) is 4.83 Å². The summed E-state index contributed by atoms with van der Waals surface area (Å²) in [7, 11) is 0. The number of nitrogens with zero attached hydrogens (tertiary/aromatic N) is 2. The molecule has 0 amide bonds. The number of ether oxygens (including phenoxy) is 1. The molecule has 0 saturated heterocycles. The molecule has 13 heteroatoms. The van der Waals surface area contributed by atoms with Gasteiger partial charge in [-0.3, -0.25) is 13.9 Å². The first kappa shape index (κ1) is 23.4. The summed E-state index contributed by atoms with van der Waals surface area (Å²) in [5, 5.41) is 7.19. The predicted octanol–water partition coefficient (Wildman–Crippen LogP) is 4.41. The molecule has 0 aliphatic rings. The third kappa shape index (κ3) is 4.98. The van der Waals surface area contributed by atoms with Crippen LogP contribution in [0.25, 0.3) is 10.2 Å². The van der Waals surface area contributed by atoms with Gasteiger partial charge in [0.15, 0.2) is 5.06 Å². The van der Waals surface area contributed by atoms with E-state index in [0.29, 0.717) is 14.7 Å². The van der Waals surface area contributed by atoms with Crippen LogP contribution in [-0.2, 0) is 19.5 Å². The number of benzene rings is 1. The Morgan fingerprint density at radius 3 is 2.31 bits per heavy atom. The summed E-state index contributed by atoms with van der Waals surface area (Å²) in [6.07, 6.45) is -11.3. The molecule has 0 spiro atoms. The van der Waals surface area contributed by atoms with Crippen LogP contribution >= 0.6 is 11.3 Å². The number of rotatable bonds is 7. The van der Waals surface area contributed by atoms with Gasteiger partial charge in [0.25, 0.3) is 12.0 Å². The molecule has 1 N–H and O–H groups in total. The highest BCUT2D eigenvalue weighted by Gasteiger charge is 2.31. The van der Waals surface area contributed by atoms with Gasteiger partial charge < -0.3 is 9.84 Å². The van der Waals surface area contributed by atoms with Crippen LogP contribution in [0.3, 0.4) is 0 Å². The Labute approximate surface area is 179 Å². The lowest BCUT2D eigenvalue weighted by atomic mass is 10.1. The van der Waals surface area contributed by atoms with Crippen LogP contribution in [0.2, 0.25) is 0 Å². The van der Waals surface area contributed by atoms with Gasteiger partial charge in [0, 0.05) is 13.1 Å². The molecule has 172 valence electrons. The maximum absolute atomic E-state index is 13.7. The van der Waals surface area contributed by atoms with E-state index < -0.39 is 63.8 Å². The topological polar surface area (TPSA) is 90.5 Å². The van der Waals surface area contributed by atoms with E-state index >= 15 is 0 Å². The standard InChI is InChI=1S/C19H15F5N2O5S/c20-13(21)11-12-14(27)25(8-6-10-4-2-1-3-5-10)17(28)26(9-7-19(22,23)24)15(12)32-16(11)31-18(29)30/h1-5,13H,6-9H2,(H,29,30). The third-order valence-corrected chi connectivity index (χ3v) is 5.65. The predicted molar refractivity (Wildman–Crippen MR) is 105 cm³/mol. The Bertz CT molecular complexity index is 1250. The molecule has 7 nitrogen and oxygen atoms in total. The molecular weight excluding hydrogens is 463 g/mol. The number of carbonyl (C=O) groups is 1. The van der Waals surface area contributed by atoms with Gasteiger partial charge in [-0.25, -0.2) is 18.4 Å². The summed E-state index contributed by atoms with van der Waals surface area (Å²) < 4.78 is 71.3. The van der Waals surface area contributed by atoms with Gasteiger partial charge in [-0.1, -0.05) is 41.7 Å². The third-order valence-electron chi connectivity index (χ3n) is 4.54. The van der Waals surface area contributed by atoms with E-state index in [1.54, 1.807) is 30.3 Å². The number of hydrogen-bond donors (Lipinski definition) is 1. The van der Waals surface area contributed by atoms with E-state index in [4.69, 9.17) is 5.11 Å². The van der Waals surface area contributed by atoms with Crippen molar-refractivity contribution < 1.29 is 36.6 Å². The Morgan fingerprint density at radius 2 is 1.75 bits per heavy atom. The molecule has 0 atom stereocenters. The molecular formula is C19H15F5N2O5S. The Balaban J connectivity index is 2.23. The maximum Gasteiger partial charge on any atom is 0.512 e. The number of fused-ring (bicyclic) bond motifs is 1. The fourth-order valence-electron chi connectivity index (χ4n) is 3.13. The highest BCUT2D eigenvalue weighted by Crippen LogP contribution is 2.41. The minimum absolute atomic E-state index is 0.132. The van der Waals surface area contributed by atoms with Gasteiger partial charge in [0.2, 0.25) is 0 Å². The van der Waals surface area contributed by atoms with Gasteiger partial charge in [-0.2, -0.15) is 13.2 Å². The van der Waals surface area contributed by atoms with E-state index in [1.807, 2.05) is 0 Å². The number of aromatic nitrogens is 2. The van der Waals surface area contributed by atoms with Crippen LogP contribution in [0.5, 0.6) is 5.06 Å². The van der Waals surface area contributed by atoms with Crippen molar-refractivity contribution in [3.63, 3.8) is 0 Å². The first-order chi connectivity index (χ1) is 15.0. The summed E-state index contributed by atoms with van der Waals surface area (Å²) in [5.74, 6) is 0. The second kappa shape index (κ2) is 9.10. The average Bonchev–Trinajstić information content (AvgIpc) is 3.06. The highest BCUT2D eigenvalue weighted by molar-refractivity contribution is 7.20. The Kier molecular flexibility index (Phi) is 6.67. The quantitative estimate of drug-likeness (QED) is 0.401. The Hall–Kier alpha value is -3.22. The van der Waals surface area contributed by atoms with Crippen molar-refractivity contribution in [1.82, 2.24) is 9.13 Å². The molecule has 0 unspecified atom stereocenters. The van der Waals surface area contributed by atoms with Crippen LogP contribution in [0, 0.1) is 0 Å². The second-order valence-corrected chi connectivity index (χ2v) is 7.61. The SMILES string of the molecule is O=C(O)Oc1sc2c(c1C(F)F)c(=O)n(CCc1ccccc1)c(=O)n2CCC(F)(F)F. The lowest BCUT2D eigenvalue weighted by Gasteiger charge is -2.13. The normalized spacial score (nSPS) is 11.9. The zero-order valence-electron chi connectivity index (χ0n) is 16.1. The molecule has 32 heavy (non-hydrogen) atoms. The molecule has 0 aliphatic carbocycles. The monoisotopic (exact) mass is 478 g/mol. The Morgan fingerprint density at radius 1 is 1.09 bits per heavy atom. The van der Waals surface area contributed by atoms with Crippen molar-refractivity contribution in [1.29, 1.82) is 0 Å². The molecule has 0 radical (unpaired) electrons. The summed E-state index contributed by atoms with van der Waals surface area (Å²) in [4.78, 5) is 36.2. The smallest absolute Gasteiger partial charge is 0.449 e. The fourth-order valence-corrected chi connectivity index (χ4v) is 4.30. The van der Waals surface area contributed by atoms with Crippen LogP contribution < -0.4 is 16.0 Å². The molecule has 1 aromatic carbocycles. The van der Waals surface area contributed by atoms with E-state index in [2.05, 4.69) is 4.74 Å². The van der Waals surface area contributed by atoms with Crippen LogP contribution in [0.15, 0.2) is 39.9 Å². The molecule has 0 bridgehead atoms. The van der Waals surface area contributed by atoms with Crippen molar-refractivity contribution in [3.05, 3.63) is 62.3 Å². The molecule has 2 aromatic heterocycles. The summed E-state index contributed by atoms with van der Waals surface area (Å²) in [6, 6.07) is 8.52. The van der Waals surface area contributed by atoms with Crippen molar-refractivity contribution >= 4 is 27.7 Å². The number of alkyl halides is 5. The van der Waals surface area contributed by atoms with Crippen molar-refractivity contribution in [2.45, 2.75) is 38.5 Å². The van der Waals surface area contributed by atoms with Crippen LogP contribution in [0.4, 0.5) is 26.7 Å². The van der Waals surface area contributed by atoms with Gasteiger partial charge in [0.05, 0.1) is 17.4 Å². The molecule has 3 aromatic rings. The number of thiophene rings is 1. The minimum Gasteiger partial charge on any atom is -0.449 e. The second-order valence-electron chi connectivity index (χ2n) is 6.64. The van der Waals surface area contributed by atoms with Gasteiger partial charge >= 0.3 is 18.0 Å². The molecule has 3 rings (SSSR count). The van der Waals surface area contributed by atoms with Crippen molar-refractivity contribution in [3.8, 4) is 5.06 Å². The first-order valence-electron chi connectivity index (χ1n) is 9.09. The van der Waals surface area contributed by atoms with E-state index in [0.717, 1.165) is 0 Å². The largest absolute Gasteiger partial charge is 0.512 e. The lowest BCUT2D eigenvalue weighted by Crippen LogP contribution is -2.40. The zero-order valence-corrected chi connectivity index (χ0v) is 16.9. The first-order valence-corrected chi connectivity index (χ1v) is 9.91.